The van der Waals surface area contributed by atoms with Crippen LogP contribution in [0.5, 0.6) is 0 Å². The fourth-order valence-electron chi connectivity index (χ4n) is 9.92. The lowest BCUT2D eigenvalue weighted by molar-refractivity contribution is -0.137. The minimum Gasteiger partial charge on any atom is -0.444 e. The van der Waals surface area contributed by atoms with Crippen LogP contribution in [0.25, 0.3) is 0 Å². The number of ketones is 1. The zero-order chi connectivity index (χ0) is 60.2. The number of carbonyl (C=O) groups excluding carboxylic acids is 4. The van der Waals surface area contributed by atoms with Gasteiger partial charge in [0.05, 0.1) is 36.1 Å². The molecule has 0 spiro atoms. The third kappa shape index (κ3) is 18.5. The van der Waals surface area contributed by atoms with Crippen LogP contribution in [0.1, 0.15) is 137 Å². The zero-order valence-corrected chi connectivity index (χ0v) is 50.2. The van der Waals surface area contributed by atoms with Gasteiger partial charge in [-0.3, -0.25) is 14.6 Å². The topological polar surface area (TPSA) is 164 Å². The number of nitrogens with zero attached hydrogens (tertiary/aromatic N) is 6. The average Bonchev–Trinajstić information content (AvgIpc) is 4.45. The molecule has 0 radical (unpaired) electrons. The predicted octanol–water partition coefficient (Wildman–Crippen LogP) is 15.6. The SMILES string of the molecule is CC(C)(C)OC(=O)N1CCC[C@@H]1c1oncc1Cc1ccc(Cl)cc1.CN(C)C=C(Cc1ccc(Cl)cc1)C(=O)[C@H]1CCCN1C(=O)OC(C)(C)C.O=C(Nc1ccc(C(F)(F)F)cc1)N1CCC[C@@H]1c1oncc1Cc1ccc(Cl)cc1. The van der Waals surface area contributed by atoms with Crippen LogP contribution in [0.15, 0.2) is 130 Å². The molecule has 3 atom stereocenters. The molecule has 6 aromatic rings. The smallest absolute Gasteiger partial charge is 0.416 e. The second-order valence-electron chi connectivity index (χ2n) is 22.8. The molecular formula is C62H71Cl3F3N7O8. The van der Waals surface area contributed by atoms with Gasteiger partial charge >= 0.3 is 24.4 Å². The third-order valence-corrected chi connectivity index (χ3v) is 14.4. The molecule has 0 saturated carbocycles. The van der Waals surface area contributed by atoms with Gasteiger partial charge in [0.2, 0.25) is 0 Å². The van der Waals surface area contributed by atoms with E-state index in [2.05, 4.69) is 15.6 Å². The van der Waals surface area contributed by atoms with E-state index in [1.807, 2.05) is 140 Å². The lowest BCUT2D eigenvalue weighted by Crippen LogP contribution is -2.44. The summed E-state index contributed by atoms with van der Waals surface area (Å²) in [5, 5.41) is 12.6. The Bertz CT molecular complexity index is 3160. The number of benzene rings is 4. The summed E-state index contributed by atoms with van der Waals surface area (Å²) < 4.78 is 60.2. The molecular weight excluding hydrogens is 1130 g/mol. The molecule has 3 aliphatic rings. The number of hydrogen-bond acceptors (Lipinski definition) is 11. The first-order valence-electron chi connectivity index (χ1n) is 27.5. The van der Waals surface area contributed by atoms with Gasteiger partial charge in [0.15, 0.2) is 17.3 Å². The fraction of sp³-hybridized carbons (Fsp3) is 0.419. The quantitative estimate of drug-likeness (QED) is 0.116. The second-order valence-corrected chi connectivity index (χ2v) is 24.2. The number of likely N-dealkylation sites (tertiary alicyclic amines) is 3. The van der Waals surface area contributed by atoms with Gasteiger partial charge in [0.1, 0.15) is 11.2 Å². The van der Waals surface area contributed by atoms with Crippen LogP contribution in [0.4, 0.5) is 33.2 Å². The largest absolute Gasteiger partial charge is 0.444 e. The Kier molecular flexibility index (Phi) is 21.5. The highest BCUT2D eigenvalue weighted by molar-refractivity contribution is 6.31. The van der Waals surface area contributed by atoms with Crippen LogP contribution in [0.2, 0.25) is 15.1 Å². The van der Waals surface area contributed by atoms with E-state index in [9.17, 15) is 32.3 Å². The van der Waals surface area contributed by atoms with Gasteiger partial charge in [-0.15, -0.1) is 0 Å². The molecule has 83 heavy (non-hydrogen) atoms. The third-order valence-electron chi connectivity index (χ3n) is 13.7. The maximum Gasteiger partial charge on any atom is 0.416 e. The van der Waals surface area contributed by atoms with Crippen LogP contribution in [-0.2, 0) is 39.7 Å². The van der Waals surface area contributed by atoms with E-state index in [0.717, 1.165) is 71.4 Å². The number of rotatable bonds is 12. The molecule has 0 bridgehead atoms. The first-order valence-corrected chi connectivity index (χ1v) is 28.6. The number of amides is 4. The maximum atomic E-state index is 13.3. The molecule has 0 unspecified atom stereocenters. The molecule has 444 valence electrons. The summed E-state index contributed by atoms with van der Waals surface area (Å²) in [5.41, 5.74) is 4.12. The first-order chi connectivity index (χ1) is 39.2. The molecule has 21 heteroatoms. The number of aromatic nitrogens is 2. The second kappa shape index (κ2) is 28.0. The van der Waals surface area contributed by atoms with Crippen molar-refractivity contribution in [3.8, 4) is 0 Å². The molecule has 3 saturated heterocycles. The fourth-order valence-corrected chi connectivity index (χ4v) is 10.3. The van der Waals surface area contributed by atoms with Gasteiger partial charge in [0.25, 0.3) is 0 Å². The summed E-state index contributed by atoms with van der Waals surface area (Å²) in [7, 11) is 3.77. The number of ether oxygens (including phenoxy) is 2. The Morgan fingerprint density at radius 3 is 1.49 bits per heavy atom. The van der Waals surface area contributed by atoms with Gasteiger partial charge in [-0.2, -0.15) is 13.2 Å². The van der Waals surface area contributed by atoms with Crippen molar-refractivity contribution in [2.24, 2.45) is 0 Å². The minimum atomic E-state index is -4.42. The van der Waals surface area contributed by atoms with E-state index in [-0.39, 0.29) is 24.0 Å². The van der Waals surface area contributed by atoms with E-state index in [1.165, 1.54) is 12.1 Å². The summed E-state index contributed by atoms with van der Waals surface area (Å²) in [6.45, 7) is 12.8. The van der Waals surface area contributed by atoms with Gasteiger partial charge in [-0.1, -0.05) is 81.5 Å². The molecule has 3 fully saturated rings. The molecule has 15 nitrogen and oxygen atoms in total. The number of carbonyl (C=O) groups is 4. The number of urea groups is 1. The highest BCUT2D eigenvalue weighted by atomic mass is 35.5. The number of alkyl halides is 3. The van der Waals surface area contributed by atoms with E-state index in [1.54, 1.807) is 27.1 Å². The van der Waals surface area contributed by atoms with Gasteiger partial charge < -0.3 is 33.6 Å². The van der Waals surface area contributed by atoms with Gasteiger partial charge in [-0.05, 0) is 157 Å². The van der Waals surface area contributed by atoms with E-state index in [4.69, 9.17) is 53.3 Å². The Morgan fingerprint density at radius 2 is 1.04 bits per heavy atom. The van der Waals surface area contributed by atoms with Crippen molar-refractivity contribution in [1.29, 1.82) is 0 Å². The summed E-state index contributed by atoms with van der Waals surface area (Å²) in [6.07, 6.45) is 6.56. The van der Waals surface area contributed by atoms with Crippen LogP contribution in [-0.4, -0.2) is 105 Å². The minimum absolute atomic E-state index is 0.0259. The Balaban J connectivity index is 0.000000180. The Hall–Kier alpha value is -7.02. The standard InChI is InChI=1S/C22H19ClF3N3O2.C21H29ClN2O3.C19H23ClN2O3/c23-17-7-3-14(4-8-17)12-15-13-27-31-20(15)19-2-1-11-29(19)21(30)28-18-9-5-16(6-10-18)22(24,25)26;1-21(2,3)27-20(26)24-12-6-7-18(24)19(25)16(14-23(4)5)13-15-8-10-17(22)11-9-15;1-19(2,3)24-18(23)22-10-4-5-16(22)17-14(12-21-25-17)11-13-6-8-15(20)9-7-13/h3-10,13,19H,1-2,11-12H2,(H,28,30);8-11,14,18H,6-7,12-13H2,1-5H3;6-9,12,16H,4-5,10-11H2,1-3H3/t19-;18-;16-/m111/s1. The summed E-state index contributed by atoms with van der Waals surface area (Å²) >= 11 is 17.8. The molecule has 3 aliphatic heterocycles. The molecule has 4 aromatic carbocycles. The maximum absolute atomic E-state index is 13.3. The Morgan fingerprint density at radius 1 is 0.614 bits per heavy atom. The Labute approximate surface area is 497 Å². The van der Waals surface area contributed by atoms with E-state index < -0.39 is 41.1 Å². The molecule has 5 heterocycles. The average molecular weight is 1210 g/mol. The highest BCUT2D eigenvalue weighted by Gasteiger charge is 2.40. The monoisotopic (exact) mass is 1200 g/mol. The van der Waals surface area contributed by atoms with Crippen LogP contribution in [0, 0.1) is 0 Å². The number of Topliss-reactive ketones (excluding diaryl/α,β-unsaturated/α-hetero) is 1. The van der Waals surface area contributed by atoms with Crippen molar-refractivity contribution in [2.45, 2.75) is 135 Å². The summed E-state index contributed by atoms with van der Waals surface area (Å²) in [6, 6.07) is 25.7. The number of anilines is 1. The van der Waals surface area contributed by atoms with Crippen molar-refractivity contribution in [2.75, 3.05) is 39.0 Å². The number of hydrogen-bond donors (Lipinski definition) is 1. The zero-order valence-electron chi connectivity index (χ0n) is 47.9. The van der Waals surface area contributed by atoms with Crippen molar-refractivity contribution in [3.05, 3.63) is 181 Å². The molecule has 0 aliphatic carbocycles. The van der Waals surface area contributed by atoms with Crippen molar-refractivity contribution in [3.63, 3.8) is 0 Å². The highest BCUT2D eigenvalue weighted by Crippen LogP contribution is 2.38. The lowest BCUT2D eigenvalue weighted by Gasteiger charge is -2.28. The van der Waals surface area contributed by atoms with Gasteiger partial charge in [0, 0.05) is 96.6 Å². The van der Waals surface area contributed by atoms with Crippen LogP contribution < -0.4 is 5.32 Å². The first kappa shape index (κ1) is 63.6. The molecule has 2 aromatic heterocycles. The van der Waals surface area contributed by atoms with Crippen molar-refractivity contribution >= 4 is 64.5 Å². The summed E-state index contributed by atoms with van der Waals surface area (Å²) in [4.78, 5) is 57.9. The van der Waals surface area contributed by atoms with E-state index >= 15 is 0 Å². The number of nitrogens with one attached hydrogen (secondary N) is 1. The van der Waals surface area contributed by atoms with E-state index in [0.29, 0.717) is 83.8 Å². The number of halogens is 6. The van der Waals surface area contributed by atoms with Crippen molar-refractivity contribution < 1.29 is 50.9 Å². The summed E-state index contributed by atoms with van der Waals surface area (Å²) in [5.74, 6) is 1.34. The molecule has 9 rings (SSSR count). The predicted molar refractivity (Wildman–Crippen MR) is 313 cm³/mol. The van der Waals surface area contributed by atoms with Gasteiger partial charge in [-0.25, -0.2) is 14.4 Å². The van der Waals surface area contributed by atoms with Crippen LogP contribution in [0.3, 0.4) is 0 Å². The molecule has 1 N–H and O–H groups in total. The van der Waals surface area contributed by atoms with Crippen LogP contribution >= 0.6 is 34.8 Å². The molecule has 4 amide bonds. The van der Waals surface area contributed by atoms with Crippen molar-refractivity contribution in [1.82, 2.24) is 29.9 Å². The lowest BCUT2D eigenvalue weighted by atomic mass is 9.96. The normalized spacial score (nSPS) is 17.3.